The number of hydrogen-bond acceptors (Lipinski definition) is 1. The van der Waals surface area contributed by atoms with Gasteiger partial charge in [0.25, 0.3) is 0 Å². The number of rotatable bonds is 1. The van der Waals surface area contributed by atoms with E-state index >= 15 is 0 Å². The third-order valence-electron chi connectivity index (χ3n) is 1.80. The van der Waals surface area contributed by atoms with Crippen LogP contribution in [0.1, 0.15) is 19.4 Å². The minimum absolute atomic E-state index is 0.00324. The summed E-state index contributed by atoms with van der Waals surface area (Å²) in [5.74, 6) is -5.19. The van der Waals surface area contributed by atoms with Crippen LogP contribution in [0.4, 0.5) is 27.6 Å². The highest BCUT2D eigenvalue weighted by Gasteiger charge is 2.39. The van der Waals surface area contributed by atoms with E-state index in [4.69, 9.17) is 0 Å². The minimum atomic E-state index is -5.15. The Labute approximate surface area is 101 Å². The minimum Gasteiger partial charge on any atom is -0.315 e. The average molecular weight is 269 g/mol. The average Bonchev–Trinajstić information content (AvgIpc) is 2.31. The van der Waals surface area contributed by atoms with Gasteiger partial charge in [-0.15, -0.1) is 0 Å². The van der Waals surface area contributed by atoms with Crippen molar-refractivity contribution >= 4 is 11.6 Å². The lowest BCUT2D eigenvalue weighted by molar-refractivity contribution is -0.167. The Morgan fingerprint density at radius 3 is 2.11 bits per heavy atom. The normalized spacial score (nSPS) is 10.4. The van der Waals surface area contributed by atoms with Crippen molar-refractivity contribution in [2.24, 2.45) is 0 Å². The SMILES string of the molecule is CC.Cc1ccc(F)c(F)c1NC(=O)C(F)(F)F. The van der Waals surface area contributed by atoms with Gasteiger partial charge in [0.15, 0.2) is 11.6 Å². The van der Waals surface area contributed by atoms with Crippen molar-refractivity contribution in [1.29, 1.82) is 0 Å². The molecule has 0 aliphatic rings. The smallest absolute Gasteiger partial charge is 0.315 e. The van der Waals surface area contributed by atoms with Gasteiger partial charge in [0, 0.05) is 0 Å². The molecule has 0 heterocycles. The molecule has 0 saturated carbocycles. The molecule has 2 nitrogen and oxygen atoms in total. The van der Waals surface area contributed by atoms with E-state index < -0.39 is 29.4 Å². The molecule has 0 atom stereocenters. The predicted octanol–water partition coefficient (Wildman–Crippen LogP) is 3.80. The number of amides is 1. The maximum atomic E-state index is 13.1. The predicted molar refractivity (Wildman–Crippen MR) is 57.1 cm³/mol. The topological polar surface area (TPSA) is 29.1 Å². The molecule has 0 saturated heterocycles. The fraction of sp³-hybridized carbons (Fsp3) is 0.364. The lowest BCUT2D eigenvalue weighted by atomic mass is 10.2. The van der Waals surface area contributed by atoms with E-state index in [-0.39, 0.29) is 5.56 Å². The van der Waals surface area contributed by atoms with Crippen molar-refractivity contribution in [3.63, 3.8) is 0 Å². The molecule has 0 bridgehead atoms. The molecule has 18 heavy (non-hydrogen) atoms. The zero-order valence-electron chi connectivity index (χ0n) is 9.95. The van der Waals surface area contributed by atoms with Gasteiger partial charge in [-0.1, -0.05) is 19.9 Å². The Bertz CT molecular complexity index is 428. The summed E-state index contributed by atoms with van der Waals surface area (Å²) in [5, 5.41) is 1.28. The molecule has 1 aromatic carbocycles. The second kappa shape index (κ2) is 6.32. The number of aryl methyl sites for hydroxylation is 1. The van der Waals surface area contributed by atoms with Gasteiger partial charge in [0.1, 0.15) is 0 Å². The lowest BCUT2D eigenvalue weighted by Gasteiger charge is -2.11. The van der Waals surface area contributed by atoms with Crippen LogP contribution < -0.4 is 5.32 Å². The van der Waals surface area contributed by atoms with Crippen LogP contribution in [-0.2, 0) is 4.79 Å². The van der Waals surface area contributed by atoms with Crippen LogP contribution in [0.2, 0.25) is 0 Å². The monoisotopic (exact) mass is 269 g/mol. The molecule has 1 amide bonds. The van der Waals surface area contributed by atoms with Crippen molar-refractivity contribution in [2.45, 2.75) is 26.9 Å². The van der Waals surface area contributed by atoms with E-state index in [1.54, 1.807) is 0 Å². The van der Waals surface area contributed by atoms with Gasteiger partial charge in [-0.2, -0.15) is 13.2 Å². The van der Waals surface area contributed by atoms with Crippen molar-refractivity contribution in [3.05, 3.63) is 29.3 Å². The van der Waals surface area contributed by atoms with Crippen LogP contribution in [0.25, 0.3) is 0 Å². The summed E-state index contributed by atoms with van der Waals surface area (Å²) in [6.07, 6.45) is -5.15. The van der Waals surface area contributed by atoms with Gasteiger partial charge in [-0.3, -0.25) is 4.79 Å². The Balaban J connectivity index is 0.00000137. The molecule has 0 aromatic heterocycles. The van der Waals surface area contributed by atoms with Crippen LogP contribution >= 0.6 is 0 Å². The van der Waals surface area contributed by atoms with Gasteiger partial charge < -0.3 is 5.32 Å². The van der Waals surface area contributed by atoms with Gasteiger partial charge in [0.05, 0.1) is 5.69 Å². The fourth-order valence-electron chi connectivity index (χ4n) is 0.985. The Morgan fingerprint density at radius 2 is 1.67 bits per heavy atom. The summed E-state index contributed by atoms with van der Waals surface area (Å²) in [6.45, 7) is 5.24. The van der Waals surface area contributed by atoms with E-state index in [0.717, 1.165) is 12.1 Å². The zero-order chi connectivity index (χ0) is 14.5. The van der Waals surface area contributed by atoms with Crippen LogP contribution in [-0.4, -0.2) is 12.1 Å². The molecule has 0 fully saturated rings. The molecule has 0 radical (unpaired) electrons. The summed E-state index contributed by atoms with van der Waals surface area (Å²) in [6, 6.07) is 1.82. The highest BCUT2D eigenvalue weighted by molar-refractivity contribution is 5.95. The van der Waals surface area contributed by atoms with E-state index in [1.807, 2.05) is 13.8 Å². The lowest BCUT2D eigenvalue weighted by Crippen LogP contribution is -2.30. The quantitative estimate of drug-likeness (QED) is 0.772. The first-order valence-electron chi connectivity index (χ1n) is 5.06. The number of anilines is 1. The molecule has 102 valence electrons. The molecule has 1 rings (SSSR count). The molecule has 0 unspecified atom stereocenters. The molecular formula is C11H12F5NO. The number of nitrogens with one attached hydrogen (secondary N) is 1. The second-order valence-corrected chi connectivity index (χ2v) is 3.01. The molecule has 1 aromatic rings. The van der Waals surface area contributed by atoms with Gasteiger partial charge >= 0.3 is 12.1 Å². The maximum absolute atomic E-state index is 13.1. The Morgan fingerprint density at radius 1 is 1.17 bits per heavy atom. The van der Waals surface area contributed by atoms with E-state index in [9.17, 15) is 26.7 Å². The highest BCUT2D eigenvalue weighted by atomic mass is 19.4. The third-order valence-corrected chi connectivity index (χ3v) is 1.80. The summed E-state index contributed by atoms with van der Waals surface area (Å²) in [4.78, 5) is 10.5. The second-order valence-electron chi connectivity index (χ2n) is 3.01. The molecule has 7 heteroatoms. The number of carbonyl (C=O) groups excluding carboxylic acids is 1. The Hall–Kier alpha value is -1.66. The van der Waals surface area contributed by atoms with Gasteiger partial charge in [0.2, 0.25) is 0 Å². The number of benzene rings is 1. The first-order valence-corrected chi connectivity index (χ1v) is 5.06. The molecule has 0 aliphatic heterocycles. The maximum Gasteiger partial charge on any atom is 0.471 e. The molecule has 0 aliphatic carbocycles. The molecule has 0 spiro atoms. The number of halogens is 5. The summed E-state index contributed by atoms with van der Waals surface area (Å²) < 4.78 is 61.4. The summed E-state index contributed by atoms with van der Waals surface area (Å²) in [7, 11) is 0. The number of carbonyl (C=O) groups is 1. The first-order chi connectivity index (χ1) is 8.23. The summed E-state index contributed by atoms with van der Waals surface area (Å²) in [5.41, 5.74) is -0.807. The highest BCUT2D eigenvalue weighted by Crippen LogP contribution is 2.24. The molecular weight excluding hydrogens is 257 g/mol. The van der Waals surface area contributed by atoms with Crippen LogP contribution in [0.15, 0.2) is 12.1 Å². The van der Waals surface area contributed by atoms with Gasteiger partial charge in [-0.05, 0) is 18.6 Å². The van der Waals surface area contributed by atoms with Crippen LogP contribution in [0, 0.1) is 18.6 Å². The van der Waals surface area contributed by atoms with E-state index in [2.05, 4.69) is 0 Å². The first kappa shape index (κ1) is 16.3. The van der Waals surface area contributed by atoms with Crippen molar-refractivity contribution in [2.75, 3.05) is 5.32 Å². The third kappa shape index (κ3) is 3.97. The van der Waals surface area contributed by atoms with Crippen molar-refractivity contribution < 1.29 is 26.7 Å². The fourth-order valence-corrected chi connectivity index (χ4v) is 0.985. The zero-order valence-corrected chi connectivity index (χ0v) is 9.95. The van der Waals surface area contributed by atoms with Crippen LogP contribution in [0.3, 0.4) is 0 Å². The van der Waals surface area contributed by atoms with Crippen molar-refractivity contribution in [3.8, 4) is 0 Å². The Kier molecular flexibility index (Phi) is 5.74. The summed E-state index contributed by atoms with van der Waals surface area (Å²) >= 11 is 0. The van der Waals surface area contributed by atoms with Crippen molar-refractivity contribution in [1.82, 2.24) is 0 Å². The van der Waals surface area contributed by atoms with E-state index in [0.29, 0.717) is 0 Å². The number of alkyl halides is 3. The van der Waals surface area contributed by atoms with Crippen LogP contribution in [0.5, 0.6) is 0 Å². The standard InChI is InChI=1S/C9H6F5NO.C2H6/c1-4-2-3-5(10)6(11)7(4)15-8(16)9(12,13)14;1-2/h2-3H,1H3,(H,15,16);1-2H3. The largest absolute Gasteiger partial charge is 0.471 e. The molecule has 1 N–H and O–H groups in total. The number of hydrogen-bond donors (Lipinski definition) is 1. The van der Waals surface area contributed by atoms with Gasteiger partial charge in [-0.25, -0.2) is 8.78 Å². The van der Waals surface area contributed by atoms with E-state index in [1.165, 1.54) is 12.2 Å².